The molecule has 0 saturated carbocycles. The van der Waals surface area contributed by atoms with Gasteiger partial charge in [0.25, 0.3) is 0 Å². The molecule has 0 heterocycles. The zero-order chi connectivity index (χ0) is 10.7. The predicted molar refractivity (Wildman–Crippen MR) is 61.7 cm³/mol. The lowest BCUT2D eigenvalue weighted by Crippen LogP contribution is -1.94. The van der Waals surface area contributed by atoms with Crippen molar-refractivity contribution in [2.24, 2.45) is 5.16 Å². The van der Waals surface area contributed by atoms with Gasteiger partial charge in [0.15, 0.2) is 0 Å². The Morgan fingerprint density at radius 2 is 2.20 bits per heavy atom. The molecule has 0 unspecified atom stereocenters. The zero-order valence-corrected chi connectivity index (χ0v) is 9.16. The van der Waals surface area contributed by atoms with Gasteiger partial charge in [-0.2, -0.15) is 0 Å². The number of benzene rings is 1. The third-order valence-electron chi connectivity index (χ3n) is 3.05. The number of nitrogens with zero attached hydrogens (tertiary/aromatic N) is 1. The van der Waals surface area contributed by atoms with Crippen molar-refractivity contribution in [3.8, 4) is 0 Å². The van der Waals surface area contributed by atoms with Crippen LogP contribution < -0.4 is 0 Å². The van der Waals surface area contributed by atoms with E-state index in [-0.39, 0.29) is 0 Å². The van der Waals surface area contributed by atoms with Gasteiger partial charge in [0.1, 0.15) is 0 Å². The molecule has 2 nitrogen and oxygen atoms in total. The van der Waals surface area contributed by atoms with Crippen LogP contribution in [0.1, 0.15) is 42.9 Å². The number of fused-ring (bicyclic) bond motifs is 1. The lowest BCUT2D eigenvalue weighted by atomic mass is 10.0. The third-order valence-corrected chi connectivity index (χ3v) is 3.05. The van der Waals surface area contributed by atoms with Crippen molar-refractivity contribution in [2.45, 2.75) is 39.0 Å². The van der Waals surface area contributed by atoms with Gasteiger partial charge in [0, 0.05) is 5.56 Å². The van der Waals surface area contributed by atoms with E-state index in [9.17, 15) is 0 Å². The summed E-state index contributed by atoms with van der Waals surface area (Å²) in [5.41, 5.74) is 4.73. The summed E-state index contributed by atoms with van der Waals surface area (Å²) < 4.78 is 0. The van der Waals surface area contributed by atoms with Crippen LogP contribution in [0.3, 0.4) is 0 Å². The third kappa shape index (κ3) is 2.04. The Kier molecular flexibility index (Phi) is 3.05. The van der Waals surface area contributed by atoms with E-state index in [1.54, 1.807) is 0 Å². The van der Waals surface area contributed by atoms with Crippen LogP contribution in [0, 0.1) is 0 Å². The molecule has 1 aliphatic rings. The molecule has 0 aliphatic heterocycles. The maximum atomic E-state index is 8.81. The number of unbranched alkanes of at least 4 members (excludes halogenated alkanes) is 1. The quantitative estimate of drug-likeness (QED) is 0.594. The molecule has 0 atom stereocenters. The molecule has 1 aliphatic carbocycles. The molecule has 0 spiro atoms. The summed E-state index contributed by atoms with van der Waals surface area (Å²) in [6.45, 7) is 2.21. The van der Waals surface area contributed by atoms with E-state index in [0.717, 1.165) is 30.5 Å². The molecular formula is C13H17NO. The first-order chi connectivity index (χ1) is 7.35. The highest BCUT2D eigenvalue weighted by molar-refractivity contribution is 6.04. The molecule has 0 aromatic heterocycles. The fourth-order valence-electron chi connectivity index (χ4n) is 2.16. The number of oxime groups is 1. The zero-order valence-electron chi connectivity index (χ0n) is 9.16. The first kappa shape index (κ1) is 10.2. The Bertz CT molecular complexity index is 382. The van der Waals surface area contributed by atoms with E-state index in [4.69, 9.17) is 5.21 Å². The van der Waals surface area contributed by atoms with Crippen molar-refractivity contribution >= 4 is 5.71 Å². The highest BCUT2D eigenvalue weighted by atomic mass is 16.4. The standard InChI is InChI=1S/C13H17NO/c1-2-3-4-10-5-7-12-11(9-10)6-8-13(12)14-15/h5,7,9,15H,2-4,6,8H2,1H3/b14-13+. The van der Waals surface area contributed by atoms with Gasteiger partial charge in [-0.05, 0) is 36.8 Å². The van der Waals surface area contributed by atoms with E-state index in [0.29, 0.717) is 0 Å². The highest BCUT2D eigenvalue weighted by Gasteiger charge is 2.17. The van der Waals surface area contributed by atoms with Gasteiger partial charge >= 0.3 is 0 Å². The summed E-state index contributed by atoms with van der Waals surface area (Å²) in [6, 6.07) is 6.52. The molecule has 0 amide bonds. The smallest absolute Gasteiger partial charge is 0.0873 e. The van der Waals surface area contributed by atoms with E-state index >= 15 is 0 Å². The van der Waals surface area contributed by atoms with Crippen LogP contribution >= 0.6 is 0 Å². The van der Waals surface area contributed by atoms with Crippen molar-refractivity contribution in [3.05, 3.63) is 34.9 Å². The Labute approximate surface area is 90.6 Å². The molecular weight excluding hydrogens is 186 g/mol. The lowest BCUT2D eigenvalue weighted by Gasteiger charge is -2.03. The second-order valence-corrected chi connectivity index (χ2v) is 4.14. The fraction of sp³-hybridized carbons (Fsp3) is 0.462. The molecule has 0 fully saturated rings. The first-order valence-electron chi connectivity index (χ1n) is 5.68. The number of rotatable bonds is 3. The van der Waals surface area contributed by atoms with Crippen molar-refractivity contribution in [1.82, 2.24) is 0 Å². The number of hydrogen-bond acceptors (Lipinski definition) is 2. The Morgan fingerprint density at radius 3 is 2.93 bits per heavy atom. The normalized spacial score (nSPS) is 17.0. The Morgan fingerprint density at radius 1 is 1.33 bits per heavy atom. The largest absolute Gasteiger partial charge is 0.411 e. The van der Waals surface area contributed by atoms with Gasteiger partial charge in [-0.1, -0.05) is 36.7 Å². The lowest BCUT2D eigenvalue weighted by molar-refractivity contribution is 0.318. The van der Waals surface area contributed by atoms with Crippen molar-refractivity contribution in [3.63, 3.8) is 0 Å². The SMILES string of the molecule is CCCCc1ccc2c(c1)CC/C2=N\O. The summed E-state index contributed by atoms with van der Waals surface area (Å²) in [6.07, 6.45) is 5.55. The average molecular weight is 203 g/mol. The van der Waals surface area contributed by atoms with Gasteiger partial charge in [0.05, 0.1) is 5.71 Å². The van der Waals surface area contributed by atoms with Crippen LogP contribution in [-0.2, 0) is 12.8 Å². The predicted octanol–water partition coefficient (Wildman–Crippen LogP) is 3.15. The number of aryl methyl sites for hydroxylation is 2. The minimum absolute atomic E-state index is 0.840. The Balaban J connectivity index is 2.21. The van der Waals surface area contributed by atoms with Gasteiger partial charge < -0.3 is 5.21 Å². The molecule has 0 radical (unpaired) electrons. The topological polar surface area (TPSA) is 32.6 Å². The summed E-state index contributed by atoms with van der Waals surface area (Å²) in [7, 11) is 0. The Hall–Kier alpha value is -1.31. The fourth-order valence-corrected chi connectivity index (χ4v) is 2.16. The monoisotopic (exact) mass is 203 g/mol. The van der Waals surface area contributed by atoms with Crippen LogP contribution in [-0.4, -0.2) is 10.9 Å². The second kappa shape index (κ2) is 4.47. The molecule has 1 N–H and O–H groups in total. The summed E-state index contributed by atoms with van der Waals surface area (Å²) in [5.74, 6) is 0. The van der Waals surface area contributed by atoms with Gasteiger partial charge in [0.2, 0.25) is 0 Å². The van der Waals surface area contributed by atoms with Crippen molar-refractivity contribution in [1.29, 1.82) is 0 Å². The van der Waals surface area contributed by atoms with Gasteiger partial charge in [-0.25, -0.2) is 0 Å². The van der Waals surface area contributed by atoms with E-state index in [2.05, 4.69) is 30.3 Å². The van der Waals surface area contributed by atoms with Gasteiger partial charge in [-0.15, -0.1) is 0 Å². The first-order valence-corrected chi connectivity index (χ1v) is 5.68. The van der Waals surface area contributed by atoms with Crippen LogP contribution in [0.2, 0.25) is 0 Å². The minimum atomic E-state index is 0.840. The van der Waals surface area contributed by atoms with E-state index in [1.165, 1.54) is 24.0 Å². The summed E-state index contributed by atoms with van der Waals surface area (Å²) >= 11 is 0. The molecule has 1 aromatic rings. The van der Waals surface area contributed by atoms with Crippen LogP contribution in [0.25, 0.3) is 0 Å². The number of hydrogen-bond donors (Lipinski definition) is 1. The maximum absolute atomic E-state index is 8.81. The molecule has 15 heavy (non-hydrogen) atoms. The van der Waals surface area contributed by atoms with Gasteiger partial charge in [-0.3, -0.25) is 0 Å². The minimum Gasteiger partial charge on any atom is -0.411 e. The molecule has 1 aromatic carbocycles. The molecule has 0 saturated heterocycles. The molecule has 2 rings (SSSR count). The summed E-state index contributed by atoms with van der Waals surface area (Å²) in [4.78, 5) is 0. The average Bonchev–Trinajstić information content (AvgIpc) is 2.68. The molecule has 80 valence electrons. The second-order valence-electron chi connectivity index (χ2n) is 4.14. The highest BCUT2D eigenvalue weighted by Crippen LogP contribution is 2.24. The van der Waals surface area contributed by atoms with Crippen LogP contribution in [0.15, 0.2) is 23.4 Å². The molecule has 2 heteroatoms. The van der Waals surface area contributed by atoms with E-state index < -0.39 is 0 Å². The maximum Gasteiger partial charge on any atom is 0.0873 e. The van der Waals surface area contributed by atoms with Crippen LogP contribution in [0.5, 0.6) is 0 Å². The molecule has 0 bridgehead atoms. The van der Waals surface area contributed by atoms with Crippen LogP contribution in [0.4, 0.5) is 0 Å². The summed E-state index contributed by atoms with van der Waals surface area (Å²) in [5, 5.41) is 12.1. The van der Waals surface area contributed by atoms with Crippen molar-refractivity contribution < 1.29 is 5.21 Å². The van der Waals surface area contributed by atoms with Crippen molar-refractivity contribution in [2.75, 3.05) is 0 Å². The van der Waals surface area contributed by atoms with E-state index in [1.807, 2.05) is 0 Å².